The number of aliphatic hydroxyl groups excluding tert-OH is 1. The fraction of sp³-hybridized carbons (Fsp3) is 0.400. The molecule has 0 saturated carbocycles. The molecule has 1 aliphatic rings. The highest BCUT2D eigenvalue weighted by molar-refractivity contribution is 7.10. The Kier molecular flexibility index (Phi) is 6.16. The molecule has 1 fully saturated rings. The number of hydrogen-bond acceptors (Lipinski definition) is 7. The number of rotatable bonds is 8. The number of amides is 1. The number of carbonyl (C=O) groups excluding carboxylic acids is 1. The third kappa shape index (κ3) is 4.99. The summed E-state index contributed by atoms with van der Waals surface area (Å²) in [6.07, 6.45) is 1.84. The summed E-state index contributed by atoms with van der Waals surface area (Å²) < 4.78 is 5.61. The summed E-state index contributed by atoms with van der Waals surface area (Å²) >= 11 is 1.53. The van der Waals surface area contributed by atoms with E-state index in [0.29, 0.717) is 18.8 Å². The molecule has 1 saturated heterocycles. The predicted molar refractivity (Wildman–Crippen MR) is 107 cm³/mol. The Morgan fingerprint density at radius 3 is 2.93 bits per heavy atom. The van der Waals surface area contributed by atoms with Crippen LogP contribution >= 0.6 is 11.3 Å². The molecule has 2 unspecified atom stereocenters. The molecule has 29 heavy (non-hydrogen) atoms. The molecule has 2 atom stereocenters. The van der Waals surface area contributed by atoms with Gasteiger partial charge in [-0.2, -0.15) is 4.80 Å². The van der Waals surface area contributed by atoms with Crippen molar-refractivity contribution >= 4 is 17.2 Å². The highest BCUT2D eigenvalue weighted by Gasteiger charge is 2.31. The molecule has 0 spiro atoms. The van der Waals surface area contributed by atoms with Crippen LogP contribution in [0.3, 0.4) is 0 Å². The summed E-state index contributed by atoms with van der Waals surface area (Å²) in [5.74, 6) is 1.09. The highest BCUT2D eigenvalue weighted by Crippen LogP contribution is 2.29. The van der Waals surface area contributed by atoms with Crippen molar-refractivity contribution in [2.24, 2.45) is 0 Å². The van der Waals surface area contributed by atoms with Crippen LogP contribution in [0, 0.1) is 0 Å². The second-order valence-electron chi connectivity index (χ2n) is 6.99. The van der Waals surface area contributed by atoms with Gasteiger partial charge in [-0.05, 0) is 48.1 Å². The van der Waals surface area contributed by atoms with E-state index in [0.717, 1.165) is 23.5 Å². The first-order chi connectivity index (χ1) is 14.2. The fourth-order valence-corrected chi connectivity index (χ4v) is 4.27. The monoisotopic (exact) mass is 413 g/mol. The van der Waals surface area contributed by atoms with Crippen LogP contribution in [-0.2, 0) is 17.9 Å². The minimum Gasteiger partial charge on any atom is -0.485 e. The maximum absolute atomic E-state index is 12.8. The topological polar surface area (TPSA) is 93.4 Å². The molecule has 9 heteroatoms. The number of carbonyl (C=O) groups is 1. The predicted octanol–water partition coefficient (Wildman–Crippen LogP) is 2.43. The summed E-state index contributed by atoms with van der Waals surface area (Å²) in [6.45, 7) is 0.917. The standard InChI is InChI=1S/C20H23N5O3S/c26-17(18-9-5-11-29-18)12-15-6-4-10-24(15)20(27)13-25-22-19(21-23-25)14-28-16-7-2-1-3-8-16/h1-3,5,7-9,11,15,17,26H,4,6,10,12-14H2. The van der Waals surface area contributed by atoms with E-state index in [1.165, 1.54) is 16.1 Å². The van der Waals surface area contributed by atoms with Crippen molar-refractivity contribution in [3.63, 3.8) is 0 Å². The maximum Gasteiger partial charge on any atom is 0.246 e. The Morgan fingerprint density at radius 2 is 2.14 bits per heavy atom. The van der Waals surface area contributed by atoms with Crippen molar-refractivity contribution in [2.75, 3.05) is 6.54 Å². The fourth-order valence-electron chi connectivity index (χ4n) is 3.54. The SMILES string of the molecule is O=C(Cn1nnc(COc2ccccc2)n1)N1CCCC1CC(O)c1cccs1. The molecule has 4 rings (SSSR count). The Bertz CT molecular complexity index is 915. The Balaban J connectivity index is 1.31. The van der Waals surface area contributed by atoms with E-state index < -0.39 is 6.10 Å². The second-order valence-corrected chi connectivity index (χ2v) is 7.97. The summed E-state index contributed by atoms with van der Waals surface area (Å²) in [5, 5.41) is 24.5. The van der Waals surface area contributed by atoms with Gasteiger partial charge in [-0.3, -0.25) is 4.79 Å². The number of hydrogen-bond donors (Lipinski definition) is 1. The number of tetrazole rings is 1. The van der Waals surface area contributed by atoms with E-state index in [-0.39, 0.29) is 25.1 Å². The zero-order chi connectivity index (χ0) is 20.1. The first kappa shape index (κ1) is 19.5. The lowest BCUT2D eigenvalue weighted by Gasteiger charge is -2.26. The van der Waals surface area contributed by atoms with E-state index >= 15 is 0 Å². The van der Waals surface area contributed by atoms with Crippen LogP contribution in [0.5, 0.6) is 5.75 Å². The lowest BCUT2D eigenvalue weighted by molar-refractivity contribution is -0.133. The summed E-state index contributed by atoms with van der Waals surface area (Å²) in [6, 6.07) is 13.3. The maximum atomic E-state index is 12.8. The minimum absolute atomic E-state index is 0.0315. The third-order valence-electron chi connectivity index (χ3n) is 4.95. The van der Waals surface area contributed by atoms with Crippen LogP contribution < -0.4 is 4.74 Å². The van der Waals surface area contributed by atoms with Crippen LogP contribution in [0.1, 0.15) is 36.1 Å². The number of aromatic nitrogens is 4. The quantitative estimate of drug-likeness (QED) is 0.610. The molecule has 3 heterocycles. The molecular weight excluding hydrogens is 390 g/mol. The van der Waals surface area contributed by atoms with Gasteiger partial charge in [0.2, 0.25) is 11.7 Å². The Morgan fingerprint density at radius 1 is 1.28 bits per heavy atom. The lowest BCUT2D eigenvalue weighted by atomic mass is 10.1. The van der Waals surface area contributed by atoms with Gasteiger partial charge in [0.05, 0.1) is 6.10 Å². The lowest BCUT2D eigenvalue weighted by Crippen LogP contribution is -2.39. The molecule has 1 aliphatic heterocycles. The van der Waals surface area contributed by atoms with E-state index in [1.807, 2.05) is 52.7 Å². The Labute approximate surface area is 172 Å². The van der Waals surface area contributed by atoms with Crippen LogP contribution in [-0.4, -0.2) is 48.7 Å². The van der Waals surface area contributed by atoms with Crippen molar-refractivity contribution < 1.29 is 14.6 Å². The highest BCUT2D eigenvalue weighted by atomic mass is 32.1. The normalized spacial score (nSPS) is 17.4. The molecule has 0 radical (unpaired) electrons. The average Bonchev–Trinajstić information content (AvgIpc) is 3.49. The van der Waals surface area contributed by atoms with Crippen molar-refractivity contribution in [3.05, 3.63) is 58.5 Å². The molecular formula is C20H23N5O3S. The zero-order valence-electron chi connectivity index (χ0n) is 15.9. The van der Waals surface area contributed by atoms with Crippen LogP contribution in [0.4, 0.5) is 0 Å². The first-order valence-electron chi connectivity index (χ1n) is 9.64. The third-order valence-corrected chi connectivity index (χ3v) is 5.92. The number of aliphatic hydroxyl groups is 1. The number of nitrogens with zero attached hydrogens (tertiary/aromatic N) is 5. The number of likely N-dealkylation sites (tertiary alicyclic amines) is 1. The number of thiophene rings is 1. The molecule has 1 aromatic carbocycles. The van der Waals surface area contributed by atoms with Gasteiger partial charge in [-0.1, -0.05) is 24.3 Å². The Hall–Kier alpha value is -2.78. The first-order valence-corrected chi connectivity index (χ1v) is 10.5. The summed E-state index contributed by atoms with van der Waals surface area (Å²) in [7, 11) is 0. The molecule has 1 N–H and O–H groups in total. The molecule has 8 nitrogen and oxygen atoms in total. The largest absolute Gasteiger partial charge is 0.485 e. The number of para-hydroxylation sites is 1. The van der Waals surface area contributed by atoms with Crippen molar-refractivity contribution in [1.82, 2.24) is 25.1 Å². The van der Waals surface area contributed by atoms with Gasteiger partial charge in [0.25, 0.3) is 0 Å². The van der Waals surface area contributed by atoms with Crippen molar-refractivity contribution in [3.8, 4) is 5.75 Å². The summed E-state index contributed by atoms with van der Waals surface area (Å²) in [5.41, 5.74) is 0. The molecule has 2 aromatic heterocycles. The molecule has 0 aliphatic carbocycles. The summed E-state index contributed by atoms with van der Waals surface area (Å²) in [4.78, 5) is 16.8. The van der Waals surface area contributed by atoms with Crippen LogP contribution in [0.15, 0.2) is 47.8 Å². The number of benzene rings is 1. The molecule has 1 amide bonds. The molecule has 0 bridgehead atoms. The zero-order valence-corrected chi connectivity index (χ0v) is 16.7. The average molecular weight is 414 g/mol. The van der Waals surface area contributed by atoms with Gasteiger partial charge >= 0.3 is 0 Å². The van der Waals surface area contributed by atoms with Gasteiger partial charge in [-0.15, -0.1) is 21.5 Å². The van der Waals surface area contributed by atoms with E-state index in [1.54, 1.807) is 0 Å². The van der Waals surface area contributed by atoms with Gasteiger partial charge in [-0.25, -0.2) is 0 Å². The van der Waals surface area contributed by atoms with Gasteiger partial charge < -0.3 is 14.7 Å². The van der Waals surface area contributed by atoms with Gasteiger partial charge in [0.1, 0.15) is 12.3 Å². The van der Waals surface area contributed by atoms with Gasteiger partial charge in [0.15, 0.2) is 6.61 Å². The molecule has 3 aromatic rings. The van der Waals surface area contributed by atoms with E-state index in [9.17, 15) is 9.90 Å². The van der Waals surface area contributed by atoms with Crippen LogP contribution in [0.25, 0.3) is 0 Å². The smallest absolute Gasteiger partial charge is 0.246 e. The van der Waals surface area contributed by atoms with Gasteiger partial charge in [0, 0.05) is 17.5 Å². The van der Waals surface area contributed by atoms with E-state index in [2.05, 4.69) is 15.4 Å². The van der Waals surface area contributed by atoms with Crippen LogP contribution in [0.2, 0.25) is 0 Å². The minimum atomic E-state index is -0.542. The van der Waals surface area contributed by atoms with Crippen molar-refractivity contribution in [2.45, 2.75) is 44.6 Å². The number of ether oxygens (including phenoxy) is 1. The second kappa shape index (κ2) is 9.15. The van der Waals surface area contributed by atoms with Crippen molar-refractivity contribution in [1.29, 1.82) is 0 Å². The van der Waals surface area contributed by atoms with E-state index in [4.69, 9.17) is 4.74 Å². The molecule has 152 valence electrons.